The largest absolute Gasteiger partial charge is 0.399 e. The number of nitrogens with one attached hydrogen (secondary N) is 3. The molecule has 0 saturated heterocycles. The van der Waals surface area contributed by atoms with E-state index >= 15 is 0 Å². The van der Waals surface area contributed by atoms with Crippen LogP contribution in [-0.4, -0.2) is 34.1 Å². The highest BCUT2D eigenvalue weighted by molar-refractivity contribution is 8.00. The quantitative estimate of drug-likeness (QED) is 0.139. The molecule has 2 amide bonds. The number of nitrogens with zero attached hydrogens (tertiary/aromatic N) is 1. The fourth-order valence-corrected chi connectivity index (χ4v) is 4.44. The number of imidazole rings is 1. The summed E-state index contributed by atoms with van der Waals surface area (Å²) in [5, 5.41) is 6.09. The van der Waals surface area contributed by atoms with Gasteiger partial charge in [0, 0.05) is 22.7 Å². The minimum atomic E-state index is -0.258. The summed E-state index contributed by atoms with van der Waals surface area (Å²) in [5.74, 6) is 0.958. The number of H-pyrrole nitrogens is 1. The number of benzene rings is 3. The lowest BCUT2D eigenvalue weighted by molar-refractivity contribution is -0.118. The van der Waals surface area contributed by atoms with Crippen molar-refractivity contribution in [2.45, 2.75) is 30.2 Å². The highest BCUT2D eigenvalue weighted by atomic mass is 32.2. The lowest BCUT2D eigenvalue weighted by Gasteiger charge is -2.17. The molecule has 8 heteroatoms. The molecule has 0 saturated carbocycles. The maximum atomic E-state index is 12.8. The van der Waals surface area contributed by atoms with Gasteiger partial charge in [0.25, 0.3) is 5.91 Å². The van der Waals surface area contributed by atoms with E-state index in [0.717, 1.165) is 34.6 Å². The van der Waals surface area contributed by atoms with Gasteiger partial charge in [-0.15, -0.1) is 11.8 Å². The van der Waals surface area contributed by atoms with Crippen molar-refractivity contribution in [2.24, 2.45) is 0 Å². The molecule has 0 unspecified atom stereocenters. The van der Waals surface area contributed by atoms with E-state index in [1.54, 1.807) is 12.1 Å². The zero-order chi connectivity index (χ0) is 24.5. The van der Waals surface area contributed by atoms with Crippen LogP contribution in [0.5, 0.6) is 0 Å². The molecule has 4 rings (SSSR count). The zero-order valence-electron chi connectivity index (χ0n) is 19.4. The number of aromatic nitrogens is 2. The van der Waals surface area contributed by atoms with E-state index in [1.165, 1.54) is 11.8 Å². The molecule has 4 aromatic rings. The van der Waals surface area contributed by atoms with Crippen molar-refractivity contribution in [3.8, 4) is 0 Å². The monoisotopic (exact) mass is 487 g/mol. The van der Waals surface area contributed by atoms with E-state index in [1.807, 2.05) is 66.7 Å². The molecular weight excluding hydrogens is 458 g/mol. The third kappa shape index (κ3) is 7.10. The van der Waals surface area contributed by atoms with Gasteiger partial charge in [0.15, 0.2) is 0 Å². The average molecular weight is 488 g/mol. The molecule has 7 nitrogen and oxygen atoms in total. The summed E-state index contributed by atoms with van der Waals surface area (Å²) in [5.41, 5.74) is 8.82. The Morgan fingerprint density at radius 2 is 1.69 bits per heavy atom. The summed E-state index contributed by atoms with van der Waals surface area (Å²) in [6, 6.07) is 24.2. The number of carbonyl (C=O) groups excluding carboxylic acids is 2. The number of nitrogen functional groups attached to an aromatic ring is 1. The lowest BCUT2D eigenvalue weighted by atomic mass is 10.1. The maximum absolute atomic E-state index is 12.8. The van der Waals surface area contributed by atoms with Crippen LogP contribution in [0.15, 0.2) is 83.8 Å². The highest BCUT2D eigenvalue weighted by Gasteiger charge is 2.19. The Bertz CT molecular complexity index is 1220. The molecule has 1 heterocycles. The molecule has 0 aliphatic heterocycles. The Kier molecular flexibility index (Phi) is 8.40. The van der Waals surface area contributed by atoms with E-state index in [9.17, 15) is 9.59 Å². The second kappa shape index (κ2) is 12.1. The van der Waals surface area contributed by atoms with Gasteiger partial charge in [-0.05, 0) is 67.8 Å². The van der Waals surface area contributed by atoms with Crippen molar-refractivity contribution in [3.05, 3.63) is 90.3 Å². The third-order valence-electron chi connectivity index (χ3n) is 5.57. The van der Waals surface area contributed by atoms with Crippen molar-refractivity contribution < 1.29 is 9.59 Å². The van der Waals surface area contributed by atoms with Crippen LogP contribution >= 0.6 is 11.8 Å². The Morgan fingerprint density at radius 3 is 2.46 bits per heavy atom. The van der Waals surface area contributed by atoms with Gasteiger partial charge in [0.2, 0.25) is 5.91 Å². The number of fused-ring (bicyclic) bond motifs is 1. The molecule has 5 N–H and O–H groups in total. The van der Waals surface area contributed by atoms with Crippen LogP contribution in [0.4, 0.5) is 5.69 Å². The summed E-state index contributed by atoms with van der Waals surface area (Å²) in [6.07, 6.45) is 2.33. The molecule has 0 aliphatic rings. The van der Waals surface area contributed by atoms with Crippen LogP contribution in [0.3, 0.4) is 0 Å². The first kappa shape index (κ1) is 24.3. The van der Waals surface area contributed by atoms with E-state index in [4.69, 9.17) is 10.7 Å². The molecule has 1 aromatic heterocycles. The Hall–Kier alpha value is -3.78. The van der Waals surface area contributed by atoms with Gasteiger partial charge in [0.05, 0.1) is 22.8 Å². The number of hydrogen-bond acceptors (Lipinski definition) is 5. The lowest BCUT2D eigenvalue weighted by Crippen LogP contribution is -2.30. The Balaban J connectivity index is 1.28. The number of carbonyl (C=O) groups is 2. The summed E-state index contributed by atoms with van der Waals surface area (Å²) >= 11 is 1.48. The summed E-state index contributed by atoms with van der Waals surface area (Å²) < 4.78 is 0. The minimum Gasteiger partial charge on any atom is -0.399 e. The number of nitrogens with two attached hydrogens (primary N) is 1. The number of aromatic amines is 1. The van der Waals surface area contributed by atoms with Crippen LogP contribution in [0.1, 0.15) is 41.5 Å². The van der Waals surface area contributed by atoms with Crippen LogP contribution < -0.4 is 16.4 Å². The Labute approximate surface area is 208 Å². The molecule has 0 fully saturated rings. The van der Waals surface area contributed by atoms with Crippen molar-refractivity contribution in [2.75, 3.05) is 18.0 Å². The second-order valence-electron chi connectivity index (χ2n) is 8.23. The van der Waals surface area contributed by atoms with Gasteiger partial charge in [-0.2, -0.15) is 0 Å². The molecule has 180 valence electrons. The SMILES string of the molecule is Nc1ccc(SCC(=O)NCCCC[C@H](NC(=O)c2ccccc2)c2nc3ccccc3[nH]2)cc1. The molecule has 35 heavy (non-hydrogen) atoms. The van der Waals surface area contributed by atoms with Gasteiger partial charge in [-0.25, -0.2) is 4.98 Å². The highest BCUT2D eigenvalue weighted by Crippen LogP contribution is 2.21. The number of hydrogen-bond donors (Lipinski definition) is 4. The van der Waals surface area contributed by atoms with Crippen molar-refractivity contribution in [1.82, 2.24) is 20.6 Å². The number of para-hydroxylation sites is 2. The number of rotatable bonds is 11. The smallest absolute Gasteiger partial charge is 0.251 e. The maximum Gasteiger partial charge on any atom is 0.251 e. The first-order valence-electron chi connectivity index (χ1n) is 11.6. The van der Waals surface area contributed by atoms with Crippen LogP contribution in [0.2, 0.25) is 0 Å². The topological polar surface area (TPSA) is 113 Å². The van der Waals surface area contributed by atoms with Gasteiger partial charge in [-0.3, -0.25) is 9.59 Å². The molecule has 0 bridgehead atoms. The predicted molar refractivity (Wildman–Crippen MR) is 141 cm³/mol. The normalized spacial score (nSPS) is 11.8. The molecule has 0 aliphatic carbocycles. The number of thioether (sulfide) groups is 1. The van der Waals surface area contributed by atoms with E-state index < -0.39 is 0 Å². The van der Waals surface area contributed by atoms with Gasteiger partial charge >= 0.3 is 0 Å². The molecule has 0 spiro atoms. The van der Waals surface area contributed by atoms with Crippen molar-refractivity contribution in [3.63, 3.8) is 0 Å². The summed E-state index contributed by atoms with van der Waals surface area (Å²) in [4.78, 5) is 34.0. The molecular formula is C27H29N5O2S. The van der Waals surface area contributed by atoms with Crippen LogP contribution in [0.25, 0.3) is 11.0 Å². The summed E-state index contributed by atoms with van der Waals surface area (Å²) in [7, 11) is 0. The van der Waals surface area contributed by atoms with Crippen LogP contribution in [0, 0.1) is 0 Å². The number of anilines is 1. The second-order valence-corrected chi connectivity index (χ2v) is 9.28. The predicted octanol–water partition coefficient (Wildman–Crippen LogP) is 4.70. The van der Waals surface area contributed by atoms with Crippen molar-refractivity contribution in [1.29, 1.82) is 0 Å². The molecule has 3 aromatic carbocycles. The van der Waals surface area contributed by atoms with Crippen molar-refractivity contribution >= 4 is 40.3 Å². The van der Waals surface area contributed by atoms with E-state index in [0.29, 0.717) is 30.0 Å². The molecule has 0 radical (unpaired) electrons. The molecule has 1 atom stereocenters. The average Bonchev–Trinajstić information content (AvgIpc) is 3.32. The fraction of sp³-hybridized carbons (Fsp3) is 0.222. The fourth-order valence-electron chi connectivity index (χ4n) is 3.71. The van der Waals surface area contributed by atoms with Gasteiger partial charge in [0.1, 0.15) is 5.82 Å². The first-order valence-corrected chi connectivity index (χ1v) is 12.6. The zero-order valence-corrected chi connectivity index (χ0v) is 20.2. The first-order chi connectivity index (χ1) is 17.1. The minimum absolute atomic E-state index is 0.00182. The van der Waals surface area contributed by atoms with E-state index in [2.05, 4.69) is 15.6 Å². The van der Waals surface area contributed by atoms with Gasteiger partial charge < -0.3 is 21.4 Å². The summed E-state index contributed by atoms with van der Waals surface area (Å²) in [6.45, 7) is 0.584. The van der Waals surface area contributed by atoms with Crippen LogP contribution in [-0.2, 0) is 4.79 Å². The standard InChI is InChI=1S/C27H29N5O2S/c28-20-13-15-21(16-14-20)35-18-25(33)29-17-7-6-12-24(32-27(34)19-8-2-1-3-9-19)26-30-22-10-4-5-11-23(22)31-26/h1-5,8-11,13-16,24H,6-7,12,17-18,28H2,(H,29,33)(H,30,31)(H,32,34)/t24-/m0/s1. The number of amides is 2. The number of unbranched alkanes of at least 4 members (excludes halogenated alkanes) is 1. The van der Waals surface area contributed by atoms with Gasteiger partial charge in [-0.1, -0.05) is 30.3 Å². The third-order valence-corrected chi connectivity index (χ3v) is 6.58. The Morgan fingerprint density at radius 1 is 0.943 bits per heavy atom. The van der Waals surface area contributed by atoms with E-state index in [-0.39, 0.29) is 17.9 Å².